The van der Waals surface area contributed by atoms with Gasteiger partial charge in [0.15, 0.2) is 0 Å². The Balaban J connectivity index is 0.00000341. The fraction of sp³-hybridized carbons (Fsp3) is 0.542. The van der Waals surface area contributed by atoms with Crippen molar-refractivity contribution in [3.8, 4) is 5.75 Å². The van der Waals surface area contributed by atoms with E-state index in [1.807, 2.05) is 38.4 Å². The van der Waals surface area contributed by atoms with Gasteiger partial charge in [-0.05, 0) is 32.0 Å². The Kier molecular flexibility index (Phi) is 8.98. The second kappa shape index (κ2) is 11.0. The normalized spacial score (nSPS) is 23.7. The average Bonchev–Trinajstić information content (AvgIpc) is 2.77. The number of carbonyl (C=O) groups excluding carboxylic acids is 1. The molecule has 0 saturated carbocycles. The van der Waals surface area contributed by atoms with Gasteiger partial charge in [-0.3, -0.25) is 9.69 Å². The predicted octanol–water partition coefficient (Wildman–Crippen LogP) is 2.95. The molecule has 1 saturated heterocycles. The van der Waals surface area contributed by atoms with Crippen molar-refractivity contribution in [2.75, 3.05) is 58.8 Å². The van der Waals surface area contributed by atoms with E-state index in [1.54, 1.807) is 12.0 Å². The molecule has 2 aliphatic rings. The second-order valence-corrected chi connectivity index (χ2v) is 8.49. The number of benzene rings is 1. The molecule has 1 aromatic rings. The van der Waals surface area contributed by atoms with E-state index in [9.17, 15) is 4.79 Å². The maximum absolute atomic E-state index is 13.0. The summed E-state index contributed by atoms with van der Waals surface area (Å²) in [6.45, 7) is 8.87. The van der Waals surface area contributed by atoms with Crippen LogP contribution in [-0.4, -0.2) is 81.2 Å². The van der Waals surface area contributed by atoms with Gasteiger partial charge in [-0.2, -0.15) is 0 Å². The first-order valence-electron chi connectivity index (χ1n) is 10.9. The van der Waals surface area contributed by atoms with Crippen molar-refractivity contribution in [3.05, 3.63) is 48.1 Å². The van der Waals surface area contributed by atoms with Gasteiger partial charge < -0.3 is 19.9 Å². The van der Waals surface area contributed by atoms with Crippen LogP contribution < -0.4 is 15.0 Å². The van der Waals surface area contributed by atoms with Crippen LogP contribution in [0.3, 0.4) is 0 Å². The summed E-state index contributed by atoms with van der Waals surface area (Å²) in [5.74, 6) is 0.991. The molecule has 0 aromatic heterocycles. The number of para-hydroxylation sites is 2. The number of methoxy groups -OCH3 is 1. The van der Waals surface area contributed by atoms with Gasteiger partial charge in [0.1, 0.15) is 5.75 Å². The number of piperazine rings is 1. The van der Waals surface area contributed by atoms with Gasteiger partial charge in [0.05, 0.1) is 24.4 Å². The molecule has 31 heavy (non-hydrogen) atoms. The maximum Gasteiger partial charge on any atom is 0.250 e. The molecule has 1 aliphatic heterocycles. The highest BCUT2D eigenvalue weighted by Gasteiger charge is 2.43. The number of likely N-dealkylation sites (N-methyl/N-ethyl adjacent to an activating group) is 1. The van der Waals surface area contributed by atoms with Crippen molar-refractivity contribution in [2.24, 2.45) is 0 Å². The quantitative estimate of drug-likeness (QED) is 0.695. The Labute approximate surface area is 193 Å². The molecule has 1 heterocycles. The lowest BCUT2D eigenvalue weighted by Gasteiger charge is -2.48. The number of allylic oxidation sites excluding steroid dienone is 2. The number of nitrogens with one attached hydrogen (secondary N) is 1. The smallest absolute Gasteiger partial charge is 0.250 e. The Morgan fingerprint density at radius 2 is 1.90 bits per heavy atom. The van der Waals surface area contributed by atoms with Crippen LogP contribution in [0.2, 0.25) is 0 Å². The van der Waals surface area contributed by atoms with E-state index in [0.29, 0.717) is 0 Å². The number of rotatable bonds is 7. The molecular formula is C24H37ClN4O2. The van der Waals surface area contributed by atoms with E-state index in [4.69, 9.17) is 4.74 Å². The SMILES string of the molecule is CCCNC1(C)C=CC=C(C(=O)N(C)C)C1N1CCN(c2ccccc2OC)CC1.Cl. The number of hydrogen-bond acceptors (Lipinski definition) is 5. The molecule has 0 spiro atoms. The zero-order valence-corrected chi connectivity index (χ0v) is 20.2. The molecule has 3 rings (SSSR count). The van der Waals surface area contributed by atoms with Crippen molar-refractivity contribution < 1.29 is 9.53 Å². The molecule has 0 radical (unpaired) electrons. The van der Waals surface area contributed by atoms with Crippen LogP contribution in [-0.2, 0) is 4.79 Å². The Morgan fingerprint density at radius 3 is 2.52 bits per heavy atom. The van der Waals surface area contributed by atoms with E-state index in [1.165, 1.54) is 0 Å². The molecule has 1 N–H and O–H groups in total. The summed E-state index contributed by atoms with van der Waals surface area (Å²) in [6, 6.07) is 8.19. The van der Waals surface area contributed by atoms with Crippen molar-refractivity contribution in [3.63, 3.8) is 0 Å². The number of halogens is 1. The lowest BCUT2D eigenvalue weighted by Crippen LogP contribution is -2.64. The first-order chi connectivity index (χ1) is 14.4. The van der Waals surface area contributed by atoms with Crippen LogP contribution in [0.25, 0.3) is 0 Å². The van der Waals surface area contributed by atoms with E-state index in [2.05, 4.69) is 47.2 Å². The minimum Gasteiger partial charge on any atom is -0.495 e. The standard InChI is InChI=1S/C24H36N4O2.ClH/c1-6-14-25-24(2)13-9-10-19(23(29)26(3)4)22(24)28-17-15-27(16-18-28)20-11-7-8-12-21(20)30-5;/h7-13,22,25H,6,14-18H2,1-5H3;1H. The molecular weight excluding hydrogens is 412 g/mol. The molecule has 6 nitrogen and oxygen atoms in total. The highest BCUT2D eigenvalue weighted by atomic mass is 35.5. The Morgan fingerprint density at radius 1 is 1.23 bits per heavy atom. The van der Waals surface area contributed by atoms with Crippen molar-refractivity contribution in [1.29, 1.82) is 0 Å². The first-order valence-corrected chi connectivity index (χ1v) is 10.9. The first kappa shape index (κ1) is 25.2. The summed E-state index contributed by atoms with van der Waals surface area (Å²) in [7, 11) is 5.38. The van der Waals surface area contributed by atoms with Crippen molar-refractivity contribution in [2.45, 2.75) is 31.8 Å². The second-order valence-electron chi connectivity index (χ2n) is 8.49. The third-order valence-corrected chi connectivity index (χ3v) is 6.10. The molecule has 0 bridgehead atoms. The summed E-state index contributed by atoms with van der Waals surface area (Å²) >= 11 is 0. The van der Waals surface area contributed by atoms with Crippen LogP contribution in [0, 0.1) is 0 Å². The topological polar surface area (TPSA) is 48.1 Å². The number of carbonyl (C=O) groups is 1. The number of ether oxygens (including phenoxy) is 1. The molecule has 1 amide bonds. The molecule has 1 fully saturated rings. The monoisotopic (exact) mass is 448 g/mol. The lowest BCUT2D eigenvalue weighted by atomic mass is 9.80. The van der Waals surface area contributed by atoms with Gasteiger partial charge in [-0.1, -0.05) is 37.3 Å². The maximum atomic E-state index is 13.0. The highest BCUT2D eigenvalue weighted by molar-refractivity contribution is 5.95. The lowest BCUT2D eigenvalue weighted by molar-refractivity contribution is -0.125. The molecule has 2 atom stereocenters. The average molecular weight is 449 g/mol. The van der Waals surface area contributed by atoms with E-state index >= 15 is 0 Å². The predicted molar refractivity (Wildman–Crippen MR) is 130 cm³/mol. The zero-order chi connectivity index (χ0) is 21.7. The van der Waals surface area contributed by atoms with Gasteiger partial charge in [0, 0.05) is 45.8 Å². The summed E-state index contributed by atoms with van der Waals surface area (Å²) < 4.78 is 5.56. The van der Waals surface area contributed by atoms with Crippen LogP contribution >= 0.6 is 12.4 Å². The van der Waals surface area contributed by atoms with Crippen LogP contribution in [0.15, 0.2) is 48.1 Å². The third-order valence-electron chi connectivity index (χ3n) is 6.10. The highest BCUT2D eigenvalue weighted by Crippen LogP contribution is 2.33. The number of anilines is 1. The van der Waals surface area contributed by atoms with Gasteiger partial charge >= 0.3 is 0 Å². The number of hydrogen-bond donors (Lipinski definition) is 1. The van der Waals surface area contributed by atoms with E-state index in [0.717, 1.165) is 56.2 Å². The summed E-state index contributed by atoms with van der Waals surface area (Å²) in [5, 5.41) is 3.71. The Bertz CT molecular complexity index is 803. The van der Waals surface area contributed by atoms with Crippen LogP contribution in [0.1, 0.15) is 20.3 Å². The van der Waals surface area contributed by atoms with Gasteiger partial charge in [0.25, 0.3) is 5.91 Å². The molecule has 1 aliphatic carbocycles. The van der Waals surface area contributed by atoms with Gasteiger partial charge in [0.2, 0.25) is 0 Å². The minimum atomic E-state index is -0.279. The summed E-state index contributed by atoms with van der Waals surface area (Å²) in [4.78, 5) is 19.5. The molecule has 2 unspecified atom stereocenters. The molecule has 1 aromatic carbocycles. The van der Waals surface area contributed by atoms with E-state index in [-0.39, 0.29) is 29.9 Å². The zero-order valence-electron chi connectivity index (χ0n) is 19.4. The number of nitrogens with zero attached hydrogens (tertiary/aromatic N) is 3. The van der Waals surface area contributed by atoms with Crippen LogP contribution in [0.4, 0.5) is 5.69 Å². The van der Waals surface area contributed by atoms with Crippen molar-refractivity contribution >= 4 is 24.0 Å². The summed E-state index contributed by atoms with van der Waals surface area (Å²) in [5.41, 5.74) is 1.72. The largest absolute Gasteiger partial charge is 0.495 e. The fourth-order valence-electron chi connectivity index (χ4n) is 4.54. The Hall–Kier alpha value is -2.02. The molecule has 172 valence electrons. The summed E-state index contributed by atoms with van der Waals surface area (Å²) in [6.07, 6.45) is 7.29. The minimum absolute atomic E-state index is 0. The number of amides is 1. The van der Waals surface area contributed by atoms with Crippen molar-refractivity contribution in [1.82, 2.24) is 15.1 Å². The molecule has 7 heteroatoms. The van der Waals surface area contributed by atoms with Gasteiger partial charge in [-0.25, -0.2) is 0 Å². The third kappa shape index (κ3) is 5.43. The van der Waals surface area contributed by atoms with Gasteiger partial charge in [-0.15, -0.1) is 12.4 Å². The fourth-order valence-corrected chi connectivity index (χ4v) is 4.54. The van der Waals surface area contributed by atoms with E-state index < -0.39 is 0 Å². The van der Waals surface area contributed by atoms with Crippen LogP contribution in [0.5, 0.6) is 5.75 Å².